The summed E-state index contributed by atoms with van der Waals surface area (Å²) in [7, 11) is 1.96. The fraction of sp³-hybridized carbons (Fsp3) is 0.250. The lowest BCUT2D eigenvalue weighted by molar-refractivity contribution is 0.733. The third-order valence-corrected chi connectivity index (χ3v) is 4.72. The van der Waals surface area contributed by atoms with Crippen LogP contribution in [0.4, 0.5) is 5.82 Å². The Kier molecular flexibility index (Phi) is 3.95. The van der Waals surface area contributed by atoms with Crippen molar-refractivity contribution in [2.45, 2.75) is 26.8 Å². The Morgan fingerprint density at radius 2 is 1.85 bits per heavy atom. The molecule has 0 amide bonds. The predicted molar refractivity (Wildman–Crippen MR) is 103 cm³/mol. The highest BCUT2D eigenvalue weighted by Gasteiger charge is 2.15. The molecule has 0 saturated heterocycles. The van der Waals surface area contributed by atoms with E-state index >= 15 is 0 Å². The first-order valence-corrected chi connectivity index (χ1v) is 8.71. The molecule has 0 aliphatic carbocycles. The first-order valence-electron chi connectivity index (χ1n) is 8.71. The van der Waals surface area contributed by atoms with Gasteiger partial charge in [-0.1, -0.05) is 30.3 Å². The monoisotopic (exact) mass is 346 g/mol. The average Bonchev–Trinajstić information content (AvgIpc) is 3.18. The fourth-order valence-corrected chi connectivity index (χ4v) is 3.19. The quantitative estimate of drug-likeness (QED) is 0.608. The van der Waals surface area contributed by atoms with Crippen LogP contribution in [0.25, 0.3) is 16.9 Å². The van der Waals surface area contributed by atoms with E-state index in [0.717, 1.165) is 34.1 Å². The maximum Gasteiger partial charge on any atom is 0.158 e. The molecule has 6 nitrogen and oxygen atoms in total. The van der Waals surface area contributed by atoms with Gasteiger partial charge >= 0.3 is 0 Å². The molecule has 0 aliphatic rings. The van der Waals surface area contributed by atoms with Crippen LogP contribution in [0.2, 0.25) is 0 Å². The summed E-state index contributed by atoms with van der Waals surface area (Å²) in [5.74, 6) is 0.915. The minimum atomic E-state index is 0.0995. The maximum absolute atomic E-state index is 4.77. The molecule has 1 N–H and O–H groups in total. The zero-order chi connectivity index (χ0) is 18.3. The molecular weight excluding hydrogens is 324 g/mol. The maximum atomic E-state index is 4.77. The molecule has 26 heavy (non-hydrogen) atoms. The molecule has 0 bridgehead atoms. The molecule has 0 fully saturated rings. The highest BCUT2D eigenvalue weighted by atomic mass is 15.3. The Bertz CT molecular complexity index is 1060. The van der Waals surface area contributed by atoms with E-state index in [9.17, 15) is 0 Å². The number of anilines is 1. The molecule has 0 unspecified atom stereocenters. The number of benzene rings is 1. The van der Waals surface area contributed by atoms with Crippen molar-refractivity contribution in [1.29, 1.82) is 0 Å². The molecule has 132 valence electrons. The van der Waals surface area contributed by atoms with E-state index in [1.54, 1.807) is 0 Å². The van der Waals surface area contributed by atoms with Crippen molar-refractivity contribution < 1.29 is 0 Å². The van der Waals surface area contributed by atoms with Gasteiger partial charge in [-0.15, -0.1) is 0 Å². The number of nitrogens with one attached hydrogen (secondary N) is 1. The van der Waals surface area contributed by atoms with E-state index in [0.29, 0.717) is 0 Å². The Labute approximate surface area is 152 Å². The SMILES string of the molecule is Cc1cc2nc(-c3ccccc3)cc(N[C@H](C)c3cnn(C)c3C)n2n1. The lowest BCUT2D eigenvalue weighted by Crippen LogP contribution is -2.12. The van der Waals surface area contributed by atoms with Crippen LogP contribution in [0.5, 0.6) is 0 Å². The van der Waals surface area contributed by atoms with Crippen LogP contribution in [-0.4, -0.2) is 24.4 Å². The van der Waals surface area contributed by atoms with Crippen LogP contribution < -0.4 is 5.32 Å². The molecule has 0 saturated carbocycles. The van der Waals surface area contributed by atoms with Crippen LogP contribution in [0.1, 0.15) is 29.9 Å². The summed E-state index contributed by atoms with van der Waals surface area (Å²) < 4.78 is 3.76. The van der Waals surface area contributed by atoms with Crippen molar-refractivity contribution >= 4 is 11.5 Å². The molecule has 4 aromatic rings. The van der Waals surface area contributed by atoms with Gasteiger partial charge in [-0.2, -0.15) is 14.7 Å². The minimum absolute atomic E-state index is 0.0995. The largest absolute Gasteiger partial charge is 0.363 e. The number of hydrogen-bond acceptors (Lipinski definition) is 4. The van der Waals surface area contributed by atoms with E-state index in [1.165, 1.54) is 5.56 Å². The number of aryl methyl sites for hydroxylation is 2. The second kappa shape index (κ2) is 6.29. The summed E-state index contributed by atoms with van der Waals surface area (Å²) in [4.78, 5) is 4.77. The standard InChI is InChI=1S/C20H22N6/c1-13-10-19-23-18(16-8-6-5-7-9-16)11-20(26(19)24-13)22-14(2)17-12-21-25(4)15(17)3/h5-12,14,22H,1-4H3/t14-/m1/s1. The molecule has 0 radical (unpaired) electrons. The molecule has 1 atom stereocenters. The van der Waals surface area contributed by atoms with E-state index in [1.807, 2.05) is 53.6 Å². The van der Waals surface area contributed by atoms with Gasteiger partial charge in [0.15, 0.2) is 5.65 Å². The Morgan fingerprint density at radius 3 is 2.54 bits per heavy atom. The summed E-state index contributed by atoms with van der Waals surface area (Å²) in [6.07, 6.45) is 1.91. The third-order valence-electron chi connectivity index (χ3n) is 4.72. The second-order valence-corrected chi connectivity index (χ2v) is 6.62. The van der Waals surface area contributed by atoms with Crippen LogP contribution in [-0.2, 0) is 7.05 Å². The van der Waals surface area contributed by atoms with Gasteiger partial charge in [0.1, 0.15) is 5.82 Å². The first-order chi connectivity index (χ1) is 12.5. The lowest BCUT2D eigenvalue weighted by Gasteiger charge is -2.17. The average molecular weight is 346 g/mol. The normalized spacial score (nSPS) is 12.5. The highest BCUT2D eigenvalue weighted by molar-refractivity contribution is 5.66. The molecule has 0 spiro atoms. The van der Waals surface area contributed by atoms with Crippen LogP contribution in [0.3, 0.4) is 0 Å². The van der Waals surface area contributed by atoms with E-state index in [-0.39, 0.29) is 6.04 Å². The van der Waals surface area contributed by atoms with E-state index < -0.39 is 0 Å². The molecule has 4 rings (SSSR count). The van der Waals surface area contributed by atoms with Crippen molar-refractivity contribution in [3.8, 4) is 11.3 Å². The Hall–Kier alpha value is -3.15. The van der Waals surface area contributed by atoms with Crippen LogP contribution >= 0.6 is 0 Å². The van der Waals surface area contributed by atoms with Gasteiger partial charge in [0.25, 0.3) is 0 Å². The molecule has 0 aliphatic heterocycles. The zero-order valence-electron chi connectivity index (χ0n) is 15.4. The molecule has 1 aromatic carbocycles. The van der Waals surface area contributed by atoms with Gasteiger partial charge in [0.05, 0.1) is 23.6 Å². The van der Waals surface area contributed by atoms with Gasteiger partial charge in [-0.3, -0.25) is 4.68 Å². The Morgan fingerprint density at radius 1 is 1.08 bits per heavy atom. The van der Waals surface area contributed by atoms with Gasteiger partial charge in [0, 0.05) is 36.0 Å². The topological polar surface area (TPSA) is 60.0 Å². The Balaban J connectivity index is 1.79. The predicted octanol–water partition coefficient (Wildman–Crippen LogP) is 3.92. The summed E-state index contributed by atoms with van der Waals surface area (Å²) in [6.45, 7) is 6.19. The van der Waals surface area contributed by atoms with Crippen molar-refractivity contribution in [1.82, 2.24) is 24.4 Å². The number of hydrogen-bond donors (Lipinski definition) is 1. The van der Waals surface area contributed by atoms with Crippen molar-refractivity contribution in [2.24, 2.45) is 7.05 Å². The van der Waals surface area contributed by atoms with E-state index in [4.69, 9.17) is 4.98 Å². The molecule has 3 aromatic heterocycles. The first kappa shape index (κ1) is 16.3. The van der Waals surface area contributed by atoms with Gasteiger partial charge in [0.2, 0.25) is 0 Å². The fourth-order valence-electron chi connectivity index (χ4n) is 3.19. The van der Waals surface area contributed by atoms with Crippen molar-refractivity contribution in [3.05, 3.63) is 65.6 Å². The van der Waals surface area contributed by atoms with Crippen LogP contribution in [0, 0.1) is 13.8 Å². The third kappa shape index (κ3) is 2.83. The second-order valence-electron chi connectivity index (χ2n) is 6.62. The number of nitrogens with zero attached hydrogens (tertiary/aromatic N) is 5. The summed E-state index contributed by atoms with van der Waals surface area (Å²) in [5, 5.41) is 12.5. The number of aromatic nitrogens is 5. The van der Waals surface area contributed by atoms with E-state index in [2.05, 4.69) is 47.6 Å². The number of rotatable bonds is 4. The van der Waals surface area contributed by atoms with Gasteiger partial charge in [-0.05, 0) is 20.8 Å². The smallest absolute Gasteiger partial charge is 0.158 e. The zero-order valence-corrected chi connectivity index (χ0v) is 15.4. The molecule has 3 heterocycles. The minimum Gasteiger partial charge on any atom is -0.363 e. The summed E-state index contributed by atoms with van der Waals surface area (Å²) in [5.41, 5.74) is 6.10. The highest BCUT2D eigenvalue weighted by Crippen LogP contribution is 2.26. The van der Waals surface area contributed by atoms with Gasteiger partial charge in [-0.25, -0.2) is 4.98 Å². The molecule has 6 heteroatoms. The van der Waals surface area contributed by atoms with Crippen molar-refractivity contribution in [3.63, 3.8) is 0 Å². The van der Waals surface area contributed by atoms with Gasteiger partial charge < -0.3 is 5.32 Å². The summed E-state index contributed by atoms with van der Waals surface area (Å²) >= 11 is 0. The lowest BCUT2D eigenvalue weighted by atomic mass is 10.1. The number of fused-ring (bicyclic) bond motifs is 1. The summed E-state index contributed by atoms with van der Waals surface area (Å²) in [6, 6.07) is 14.4. The molecular formula is C20H22N6. The van der Waals surface area contributed by atoms with Crippen LogP contribution in [0.15, 0.2) is 48.7 Å². The van der Waals surface area contributed by atoms with Crippen molar-refractivity contribution in [2.75, 3.05) is 5.32 Å².